The van der Waals surface area contributed by atoms with Gasteiger partial charge in [0, 0.05) is 11.0 Å². The Morgan fingerprint density at radius 3 is 2.53 bits per heavy atom. The maximum Gasteiger partial charge on any atom is 0.252 e. The van der Waals surface area contributed by atoms with Gasteiger partial charge in [-0.1, -0.05) is 12.1 Å². The molecule has 1 amide bonds. The monoisotopic (exact) mass is 323 g/mol. The van der Waals surface area contributed by atoms with Crippen LogP contribution in [0.4, 0.5) is 4.39 Å². The summed E-state index contributed by atoms with van der Waals surface area (Å²) in [4.78, 5) is 11.9. The van der Waals surface area contributed by atoms with E-state index in [4.69, 9.17) is 5.11 Å². The van der Waals surface area contributed by atoms with Crippen molar-refractivity contribution in [1.82, 2.24) is 5.32 Å². The predicted molar refractivity (Wildman–Crippen MR) is 73.4 cm³/mol. The van der Waals surface area contributed by atoms with Crippen LogP contribution in [0.15, 0.2) is 46.9 Å². The molecule has 2 rings (SSSR count). The number of rotatable bonds is 3. The first-order valence-electron chi connectivity index (χ1n) is 5.57. The van der Waals surface area contributed by atoms with E-state index in [0.29, 0.717) is 16.6 Å². The van der Waals surface area contributed by atoms with Gasteiger partial charge in [0.05, 0.1) is 5.56 Å². The van der Waals surface area contributed by atoms with Gasteiger partial charge in [0.25, 0.3) is 5.91 Å². The number of carbonyl (C=O) groups excluding carboxylic acids is 1. The minimum absolute atomic E-state index is 0.177. The summed E-state index contributed by atoms with van der Waals surface area (Å²) in [7, 11) is 0. The van der Waals surface area contributed by atoms with Gasteiger partial charge in [-0.2, -0.15) is 0 Å². The summed E-state index contributed by atoms with van der Waals surface area (Å²) in [5.41, 5.74) is 1.24. The molecule has 0 aliphatic carbocycles. The maximum atomic E-state index is 12.9. The van der Waals surface area contributed by atoms with Gasteiger partial charge >= 0.3 is 0 Å². The van der Waals surface area contributed by atoms with Crippen molar-refractivity contribution >= 4 is 21.8 Å². The van der Waals surface area contributed by atoms with Crippen molar-refractivity contribution in [1.29, 1.82) is 0 Å². The lowest BCUT2D eigenvalue weighted by atomic mass is 10.2. The molecule has 0 bridgehead atoms. The number of hydrogen-bond acceptors (Lipinski definition) is 2. The second-order valence-corrected chi connectivity index (χ2v) is 4.83. The second-order valence-electron chi connectivity index (χ2n) is 3.97. The summed E-state index contributed by atoms with van der Waals surface area (Å²) in [6, 6.07) is 10.4. The summed E-state index contributed by atoms with van der Waals surface area (Å²) in [6.45, 7) is 0.336. The average Bonchev–Trinajstić information content (AvgIpc) is 2.37. The molecule has 0 aromatic heterocycles. The van der Waals surface area contributed by atoms with Crippen molar-refractivity contribution < 1.29 is 14.3 Å². The molecule has 0 heterocycles. The van der Waals surface area contributed by atoms with E-state index in [9.17, 15) is 9.18 Å². The van der Waals surface area contributed by atoms with E-state index in [1.165, 1.54) is 18.2 Å². The van der Waals surface area contributed by atoms with Crippen molar-refractivity contribution in [3.05, 3.63) is 63.9 Å². The van der Waals surface area contributed by atoms with E-state index < -0.39 is 5.82 Å². The molecule has 0 atom stereocenters. The fourth-order valence-electron chi connectivity index (χ4n) is 1.56. The van der Waals surface area contributed by atoms with Crippen LogP contribution in [0.2, 0.25) is 0 Å². The van der Waals surface area contributed by atoms with Crippen LogP contribution >= 0.6 is 15.9 Å². The predicted octanol–water partition coefficient (Wildman–Crippen LogP) is 3.22. The number of phenolic OH excluding ortho intramolecular Hbond substituents is 1. The van der Waals surface area contributed by atoms with Crippen LogP contribution in [0.25, 0.3) is 0 Å². The number of benzene rings is 2. The third-order valence-corrected chi connectivity index (χ3v) is 3.22. The zero-order valence-electron chi connectivity index (χ0n) is 9.86. The lowest BCUT2D eigenvalue weighted by Gasteiger charge is -2.07. The van der Waals surface area contributed by atoms with Crippen LogP contribution in [0.5, 0.6) is 5.75 Å². The molecule has 2 aromatic rings. The summed E-state index contributed by atoms with van der Waals surface area (Å²) in [5, 5.41) is 11.9. The Balaban J connectivity index is 2.03. The molecule has 0 fully saturated rings. The fourth-order valence-corrected chi connectivity index (χ4v) is 2.10. The minimum Gasteiger partial charge on any atom is -0.508 e. The van der Waals surface area contributed by atoms with E-state index in [0.717, 1.165) is 5.56 Å². The zero-order valence-corrected chi connectivity index (χ0v) is 11.4. The number of phenols is 1. The molecule has 0 aliphatic heterocycles. The molecule has 2 aromatic carbocycles. The van der Waals surface area contributed by atoms with Gasteiger partial charge in [-0.05, 0) is 51.8 Å². The molecule has 0 radical (unpaired) electrons. The molecular weight excluding hydrogens is 313 g/mol. The third-order valence-electron chi connectivity index (χ3n) is 2.57. The maximum absolute atomic E-state index is 12.9. The highest BCUT2D eigenvalue weighted by molar-refractivity contribution is 9.10. The van der Waals surface area contributed by atoms with Crippen LogP contribution in [-0.4, -0.2) is 11.0 Å². The molecule has 0 saturated carbocycles. The molecule has 0 unspecified atom stereocenters. The van der Waals surface area contributed by atoms with Crippen LogP contribution in [0, 0.1) is 5.82 Å². The number of hydrogen-bond donors (Lipinski definition) is 2. The smallest absolute Gasteiger partial charge is 0.252 e. The first kappa shape index (κ1) is 13.5. The van der Waals surface area contributed by atoms with Crippen molar-refractivity contribution in [3.63, 3.8) is 0 Å². The van der Waals surface area contributed by atoms with Gasteiger partial charge in [0.15, 0.2) is 0 Å². The number of amides is 1. The summed E-state index contributed by atoms with van der Waals surface area (Å²) in [6.07, 6.45) is 0. The van der Waals surface area contributed by atoms with E-state index in [2.05, 4.69) is 21.2 Å². The summed E-state index contributed by atoms with van der Waals surface area (Å²) < 4.78 is 13.3. The molecular formula is C14H11BrFNO2. The van der Waals surface area contributed by atoms with Crippen molar-refractivity contribution in [2.45, 2.75) is 6.54 Å². The Morgan fingerprint density at radius 1 is 1.21 bits per heavy atom. The van der Waals surface area contributed by atoms with Crippen LogP contribution in [-0.2, 0) is 6.54 Å². The first-order valence-corrected chi connectivity index (χ1v) is 6.37. The zero-order chi connectivity index (χ0) is 13.8. The van der Waals surface area contributed by atoms with Gasteiger partial charge in [-0.25, -0.2) is 4.39 Å². The third kappa shape index (κ3) is 3.54. The van der Waals surface area contributed by atoms with Gasteiger partial charge in [-0.3, -0.25) is 4.79 Å². The van der Waals surface area contributed by atoms with Crippen LogP contribution in [0.3, 0.4) is 0 Å². The summed E-state index contributed by atoms with van der Waals surface area (Å²) >= 11 is 3.15. The van der Waals surface area contributed by atoms with Crippen LogP contribution in [0.1, 0.15) is 15.9 Å². The quantitative estimate of drug-likeness (QED) is 0.911. The van der Waals surface area contributed by atoms with E-state index in [-0.39, 0.29) is 11.7 Å². The van der Waals surface area contributed by atoms with E-state index in [1.54, 1.807) is 24.3 Å². The molecule has 0 saturated heterocycles. The number of nitrogens with one attached hydrogen (secondary N) is 1. The van der Waals surface area contributed by atoms with Gasteiger partial charge in [0.2, 0.25) is 0 Å². The number of aromatic hydroxyl groups is 1. The van der Waals surface area contributed by atoms with Crippen LogP contribution < -0.4 is 5.32 Å². The molecule has 5 heteroatoms. The van der Waals surface area contributed by atoms with Gasteiger partial charge in [0.1, 0.15) is 11.6 Å². The van der Waals surface area contributed by atoms with Gasteiger partial charge < -0.3 is 10.4 Å². The van der Waals surface area contributed by atoms with Crippen molar-refractivity contribution in [2.24, 2.45) is 0 Å². The Hall–Kier alpha value is -1.88. The highest BCUT2D eigenvalue weighted by atomic mass is 79.9. The van der Waals surface area contributed by atoms with Gasteiger partial charge in [-0.15, -0.1) is 0 Å². The molecule has 19 heavy (non-hydrogen) atoms. The Kier molecular flexibility index (Phi) is 4.16. The average molecular weight is 324 g/mol. The van der Waals surface area contributed by atoms with E-state index >= 15 is 0 Å². The fraction of sp³-hybridized carbons (Fsp3) is 0.0714. The van der Waals surface area contributed by atoms with E-state index in [1.807, 2.05) is 0 Å². The highest BCUT2D eigenvalue weighted by Crippen LogP contribution is 2.18. The topological polar surface area (TPSA) is 49.3 Å². The standard InChI is InChI=1S/C14H11BrFNO2/c15-13-7-10(16)3-6-12(13)14(19)17-8-9-1-4-11(18)5-2-9/h1-7,18H,8H2,(H,17,19). The summed E-state index contributed by atoms with van der Waals surface area (Å²) in [5.74, 6) is -0.515. The molecule has 2 N–H and O–H groups in total. The molecule has 98 valence electrons. The minimum atomic E-state index is -0.401. The molecule has 0 aliphatic rings. The normalized spacial score (nSPS) is 10.2. The Bertz CT molecular complexity index is 599. The first-order chi connectivity index (χ1) is 9.06. The number of carbonyl (C=O) groups is 1. The highest BCUT2D eigenvalue weighted by Gasteiger charge is 2.10. The largest absolute Gasteiger partial charge is 0.508 e. The Labute approximate surface area is 118 Å². The van der Waals surface area contributed by atoms with Crippen molar-refractivity contribution in [2.75, 3.05) is 0 Å². The molecule has 0 spiro atoms. The lowest BCUT2D eigenvalue weighted by molar-refractivity contribution is 0.0950. The molecule has 3 nitrogen and oxygen atoms in total. The van der Waals surface area contributed by atoms with Crippen molar-refractivity contribution in [3.8, 4) is 5.75 Å². The Morgan fingerprint density at radius 2 is 1.89 bits per heavy atom. The SMILES string of the molecule is O=C(NCc1ccc(O)cc1)c1ccc(F)cc1Br. The lowest BCUT2D eigenvalue weighted by Crippen LogP contribution is -2.23. The second kappa shape index (κ2) is 5.84. The number of halogens is 2.